The average molecular weight is 282 g/mol. The number of alkyl halides is 3. The normalized spacial score (nSPS) is 11.1. The molecule has 0 unspecified atom stereocenters. The first kappa shape index (κ1) is 13.9. The third kappa shape index (κ3) is 3.26. The van der Waals surface area contributed by atoms with Gasteiger partial charge in [-0.15, -0.1) is 0 Å². The van der Waals surface area contributed by atoms with E-state index in [0.29, 0.717) is 24.5 Å². The van der Waals surface area contributed by atoms with Crippen LogP contribution in [0.3, 0.4) is 0 Å². The number of hydrogen-bond acceptors (Lipinski definition) is 5. The molecule has 20 heavy (non-hydrogen) atoms. The molecule has 1 aromatic heterocycles. The molecule has 1 aromatic carbocycles. The van der Waals surface area contributed by atoms with Gasteiger partial charge in [0.15, 0.2) is 6.33 Å². The van der Waals surface area contributed by atoms with Gasteiger partial charge in [-0.1, -0.05) is 5.16 Å². The van der Waals surface area contributed by atoms with E-state index < -0.39 is 11.7 Å². The van der Waals surface area contributed by atoms with Crippen molar-refractivity contribution >= 4 is 5.69 Å². The smallest absolute Gasteiger partial charge is 0.383 e. The number of aromatic nitrogens is 2. The van der Waals surface area contributed by atoms with Crippen LogP contribution in [-0.2, 0) is 12.6 Å². The molecule has 5 nitrogen and oxygen atoms in total. The zero-order valence-corrected chi connectivity index (χ0v) is 10.1. The molecule has 0 aliphatic carbocycles. The number of nitrogens with one attached hydrogen (secondary N) is 1. The minimum Gasteiger partial charge on any atom is -0.383 e. The second-order valence-corrected chi connectivity index (χ2v) is 3.88. The summed E-state index contributed by atoms with van der Waals surface area (Å²) in [5.74, 6) is 0.405. The van der Waals surface area contributed by atoms with E-state index in [1.54, 1.807) is 6.07 Å². The van der Waals surface area contributed by atoms with E-state index in [9.17, 15) is 13.2 Å². The summed E-state index contributed by atoms with van der Waals surface area (Å²) in [6.07, 6.45) is -2.80. The summed E-state index contributed by atoms with van der Waals surface area (Å²) in [6.45, 7) is 0.363. The van der Waals surface area contributed by atoms with Crippen molar-refractivity contribution in [2.24, 2.45) is 0 Å². The Hall–Kier alpha value is -2.56. The Bertz CT molecular complexity index is 617. The van der Waals surface area contributed by atoms with Crippen LogP contribution >= 0.6 is 0 Å². The van der Waals surface area contributed by atoms with Gasteiger partial charge in [-0.05, 0) is 18.2 Å². The third-order valence-corrected chi connectivity index (χ3v) is 2.53. The molecule has 2 aromatic rings. The molecule has 0 aliphatic heterocycles. The number of benzene rings is 1. The molecule has 2 rings (SSSR count). The van der Waals surface area contributed by atoms with Gasteiger partial charge in [0.2, 0.25) is 5.89 Å². The molecule has 0 amide bonds. The quantitative estimate of drug-likeness (QED) is 0.933. The van der Waals surface area contributed by atoms with Gasteiger partial charge < -0.3 is 9.84 Å². The third-order valence-electron chi connectivity index (χ3n) is 2.53. The summed E-state index contributed by atoms with van der Waals surface area (Å²) < 4.78 is 42.3. The predicted molar refractivity (Wildman–Crippen MR) is 62.7 cm³/mol. The molecule has 0 saturated heterocycles. The van der Waals surface area contributed by atoms with E-state index in [4.69, 9.17) is 9.78 Å². The van der Waals surface area contributed by atoms with Gasteiger partial charge in [0, 0.05) is 13.0 Å². The Kier molecular flexibility index (Phi) is 3.89. The minimum absolute atomic E-state index is 0.0645. The predicted octanol–water partition coefficient (Wildman–Crippen LogP) is 2.61. The fourth-order valence-electron chi connectivity index (χ4n) is 1.58. The Balaban J connectivity index is 2.06. The number of rotatable bonds is 4. The molecule has 8 heteroatoms. The van der Waals surface area contributed by atoms with Crippen molar-refractivity contribution < 1.29 is 17.7 Å². The zero-order valence-electron chi connectivity index (χ0n) is 10.1. The molecular weight excluding hydrogens is 273 g/mol. The van der Waals surface area contributed by atoms with E-state index in [1.807, 2.05) is 0 Å². The van der Waals surface area contributed by atoms with E-state index in [2.05, 4.69) is 15.5 Å². The first-order valence-electron chi connectivity index (χ1n) is 5.61. The van der Waals surface area contributed by atoms with Gasteiger partial charge in [0.05, 0.1) is 16.8 Å². The standard InChI is InChI=1S/C12H9F3N4O/c13-12(14,15)9-1-2-10(8(5-9)6-16)17-4-3-11-18-7-19-20-11/h1-2,5,7,17H,3-4H2. The number of nitriles is 1. The molecule has 0 atom stereocenters. The van der Waals surface area contributed by atoms with Gasteiger partial charge in [-0.2, -0.15) is 23.4 Å². The molecule has 1 N–H and O–H groups in total. The summed E-state index contributed by atoms with van der Waals surface area (Å²) in [5.41, 5.74) is -0.582. The molecule has 0 aliphatic rings. The van der Waals surface area contributed by atoms with Gasteiger partial charge in [-0.3, -0.25) is 0 Å². The summed E-state index contributed by atoms with van der Waals surface area (Å²) in [4.78, 5) is 3.80. The Morgan fingerprint density at radius 2 is 2.15 bits per heavy atom. The molecule has 0 fully saturated rings. The van der Waals surface area contributed by atoms with Crippen LogP contribution in [-0.4, -0.2) is 16.7 Å². The lowest BCUT2D eigenvalue weighted by Gasteiger charge is -2.11. The van der Waals surface area contributed by atoms with Crippen LogP contribution in [0.2, 0.25) is 0 Å². The summed E-state index contributed by atoms with van der Waals surface area (Å²) in [7, 11) is 0. The maximum Gasteiger partial charge on any atom is 0.416 e. The molecule has 0 bridgehead atoms. The fourth-order valence-corrected chi connectivity index (χ4v) is 1.58. The highest BCUT2D eigenvalue weighted by Crippen LogP contribution is 2.31. The molecule has 0 saturated carbocycles. The van der Waals surface area contributed by atoms with E-state index in [0.717, 1.165) is 12.1 Å². The first-order valence-corrected chi connectivity index (χ1v) is 5.61. The maximum absolute atomic E-state index is 12.5. The molecule has 1 heterocycles. The number of nitrogens with zero attached hydrogens (tertiary/aromatic N) is 3. The van der Waals surface area contributed by atoms with Gasteiger partial charge in [0.25, 0.3) is 0 Å². The van der Waals surface area contributed by atoms with Crippen molar-refractivity contribution in [3.8, 4) is 6.07 Å². The Labute approximate surface area is 112 Å². The lowest BCUT2D eigenvalue weighted by molar-refractivity contribution is -0.137. The Morgan fingerprint density at radius 3 is 2.75 bits per heavy atom. The fraction of sp³-hybridized carbons (Fsp3) is 0.250. The van der Waals surface area contributed by atoms with E-state index in [1.165, 1.54) is 12.4 Å². The monoisotopic (exact) mass is 282 g/mol. The van der Waals surface area contributed by atoms with Crippen LogP contribution in [0.1, 0.15) is 17.0 Å². The Morgan fingerprint density at radius 1 is 1.35 bits per heavy atom. The zero-order chi connectivity index (χ0) is 14.6. The van der Waals surface area contributed by atoms with Gasteiger partial charge in [-0.25, -0.2) is 0 Å². The van der Waals surface area contributed by atoms with E-state index >= 15 is 0 Å². The molecular formula is C12H9F3N4O. The lowest BCUT2D eigenvalue weighted by atomic mass is 10.1. The average Bonchev–Trinajstić information content (AvgIpc) is 2.91. The van der Waals surface area contributed by atoms with Crippen LogP contribution in [0.25, 0.3) is 0 Å². The van der Waals surface area contributed by atoms with Crippen molar-refractivity contribution in [1.29, 1.82) is 5.26 Å². The summed E-state index contributed by atoms with van der Waals surface area (Å²) >= 11 is 0. The summed E-state index contributed by atoms with van der Waals surface area (Å²) in [6, 6.07) is 4.71. The minimum atomic E-state index is -4.46. The van der Waals surface area contributed by atoms with Gasteiger partial charge in [0.1, 0.15) is 6.07 Å². The molecule has 0 radical (unpaired) electrons. The second-order valence-electron chi connectivity index (χ2n) is 3.88. The second kappa shape index (κ2) is 5.61. The molecule has 104 valence electrons. The van der Waals surface area contributed by atoms with Crippen LogP contribution in [0, 0.1) is 11.3 Å². The van der Waals surface area contributed by atoms with Crippen molar-refractivity contribution in [1.82, 2.24) is 10.1 Å². The van der Waals surface area contributed by atoms with Crippen LogP contribution < -0.4 is 5.32 Å². The van der Waals surface area contributed by atoms with Crippen molar-refractivity contribution in [2.75, 3.05) is 11.9 Å². The SMILES string of the molecule is N#Cc1cc(C(F)(F)F)ccc1NCCc1ncno1. The van der Waals surface area contributed by atoms with Crippen molar-refractivity contribution in [3.05, 3.63) is 41.5 Å². The highest BCUT2D eigenvalue weighted by atomic mass is 19.4. The van der Waals surface area contributed by atoms with Crippen molar-refractivity contribution in [3.63, 3.8) is 0 Å². The topological polar surface area (TPSA) is 74.7 Å². The highest BCUT2D eigenvalue weighted by molar-refractivity contribution is 5.59. The highest BCUT2D eigenvalue weighted by Gasteiger charge is 2.31. The van der Waals surface area contributed by atoms with E-state index in [-0.39, 0.29) is 5.56 Å². The summed E-state index contributed by atoms with van der Waals surface area (Å²) in [5, 5.41) is 15.2. The first-order chi connectivity index (χ1) is 9.50. The van der Waals surface area contributed by atoms with Crippen molar-refractivity contribution in [2.45, 2.75) is 12.6 Å². The van der Waals surface area contributed by atoms with Crippen LogP contribution in [0.5, 0.6) is 0 Å². The van der Waals surface area contributed by atoms with Crippen LogP contribution in [0.4, 0.5) is 18.9 Å². The molecule has 0 spiro atoms. The lowest BCUT2D eigenvalue weighted by Crippen LogP contribution is -2.09. The number of halogens is 3. The van der Waals surface area contributed by atoms with Crippen LogP contribution in [0.15, 0.2) is 29.0 Å². The maximum atomic E-state index is 12.5. The number of hydrogen-bond donors (Lipinski definition) is 1. The number of anilines is 1. The largest absolute Gasteiger partial charge is 0.416 e. The van der Waals surface area contributed by atoms with Gasteiger partial charge >= 0.3 is 6.18 Å².